The molecule has 2 N–H and O–H groups in total. The summed E-state index contributed by atoms with van der Waals surface area (Å²) in [4.78, 5) is 40.1. The van der Waals surface area contributed by atoms with Crippen LogP contribution in [0.4, 0.5) is 11.4 Å². The molecule has 6 rings (SSSR count). The third kappa shape index (κ3) is 5.09. The minimum absolute atomic E-state index is 0.329. The second kappa shape index (κ2) is 11.2. The lowest BCUT2D eigenvalue weighted by Crippen LogP contribution is -2.27. The first kappa shape index (κ1) is 28.4. The first-order valence-corrected chi connectivity index (χ1v) is 14.5. The van der Waals surface area contributed by atoms with Crippen molar-refractivity contribution in [3.05, 3.63) is 80.9 Å². The first-order chi connectivity index (χ1) is 20.1. The van der Waals surface area contributed by atoms with E-state index in [-0.39, 0.29) is 11.8 Å². The number of likely N-dealkylation sites (N-methyl/N-ethyl adjacent to an activating group) is 2. The average molecular weight is 608 g/mol. The molecule has 0 bridgehead atoms. The quantitative estimate of drug-likeness (QED) is 0.344. The highest BCUT2D eigenvalue weighted by Gasteiger charge is 2.26. The monoisotopic (exact) mass is 606 g/mol. The molecule has 12 heteroatoms. The fourth-order valence-electron chi connectivity index (χ4n) is 5.75. The van der Waals surface area contributed by atoms with Crippen molar-refractivity contribution in [2.75, 3.05) is 37.8 Å². The smallest absolute Gasteiger partial charge is 0.291 e. The van der Waals surface area contributed by atoms with Crippen molar-refractivity contribution >= 4 is 46.4 Å². The highest BCUT2D eigenvalue weighted by Crippen LogP contribution is 2.40. The third-order valence-corrected chi connectivity index (χ3v) is 8.90. The zero-order valence-corrected chi connectivity index (χ0v) is 25.5. The second-order valence-electron chi connectivity index (χ2n) is 11.0. The van der Waals surface area contributed by atoms with Crippen molar-refractivity contribution in [2.24, 2.45) is 14.1 Å². The zero-order chi connectivity index (χ0) is 29.7. The van der Waals surface area contributed by atoms with Gasteiger partial charge >= 0.3 is 0 Å². The van der Waals surface area contributed by atoms with Crippen LogP contribution in [0.5, 0.6) is 0 Å². The predicted molar refractivity (Wildman–Crippen MR) is 164 cm³/mol. The molecule has 2 aliphatic rings. The molecule has 0 unspecified atom stereocenters. The summed E-state index contributed by atoms with van der Waals surface area (Å²) in [6, 6.07) is 10.7. The zero-order valence-electron chi connectivity index (χ0n) is 24.0. The van der Waals surface area contributed by atoms with E-state index in [2.05, 4.69) is 30.4 Å². The number of amides is 2. The van der Waals surface area contributed by atoms with Gasteiger partial charge in [0.2, 0.25) is 0 Å². The average Bonchev–Trinajstić information content (AvgIpc) is 3.46. The maximum atomic E-state index is 13.3. The number of aromatic nitrogens is 4. The fraction of sp³-hybridized carbons (Fsp3) is 0.333. The molecule has 0 radical (unpaired) electrons. The van der Waals surface area contributed by atoms with Crippen molar-refractivity contribution in [3.63, 3.8) is 0 Å². The van der Waals surface area contributed by atoms with Crippen LogP contribution >= 0.6 is 23.2 Å². The van der Waals surface area contributed by atoms with E-state index in [1.54, 1.807) is 24.3 Å². The maximum Gasteiger partial charge on any atom is 0.291 e. The molecule has 4 heterocycles. The second-order valence-corrected chi connectivity index (χ2v) is 11.7. The molecule has 2 aromatic heterocycles. The standard InChI is InChI=1S/C30H32Cl2N8O2/c1-37-13-11-23-21(15-37)33-27(39(23)3)29(41)35-19-9-5-7-17(25(19)31)18-8-6-10-20(26(18)32)36-30(42)28-34-22-16-38(2)14-12-24(22)40(28)4/h5-10H,11-16H2,1-4H3,(H,35,41)(H,36,42). The molecule has 4 aromatic rings. The Hall–Kier alpha value is -3.70. The molecular weight excluding hydrogens is 575 g/mol. The Morgan fingerprint density at radius 3 is 1.50 bits per heavy atom. The van der Waals surface area contributed by atoms with E-state index in [1.807, 2.05) is 49.5 Å². The Bertz CT molecular complexity index is 1600. The Balaban J connectivity index is 1.25. The lowest BCUT2D eigenvalue weighted by atomic mass is 10.0. The topological polar surface area (TPSA) is 100 Å². The molecule has 2 aliphatic heterocycles. The molecule has 0 atom stereocenters. The number of imidazole rings is 2. The number of benzene rings is 2. The Morgan fingerprint density at radius 1 is 0.690 bits per heavy atom. The van der Waals surface area contributed by atoms with E-state index < -0.39 is 0 Å². The van der Waals surface area contributed by atoms with Gasteiger partial charge in [-0.25, -0.2) is 9.97 Å². The number of fused-ring (bicyclic) bond motifs is 2. The van der Waals surface area contributed by atoms with Crippen molar-refractivity contribution in [1.29, 1.82) is 0 Å². The molecule has 0 saturated heterocycles. The van der Waals surface area contributed by atoms with Crippen LogP contribution < -0.4 is 10.6 Å². The molecule has 0 spiro atoms. The van der Waals surface area contributed by atoms with E-state index in [0.29, 0.717) is 57.3 Å². The molecule has 218 valence electrons. The van der Waals surface area contributed by atoms with E-state index in [0.717, 1.165) is 48.7 Å². The van der Waals surface area contributed by atoms with Gasteiger partial charge in [-0.3, -0.25) is 9.59 Å². The van der Waals surface area contributed by atoms with Gasteiger partial charge in [0, 0.05) is 75.6 Å². The van der Waals surface area contributed by atoms with Gasteiger partial charge in [-0.05, 0) is 26.2 Å². The highest BCUT2D eigenvalue weighted by atomic mass is 35.5. The molecule has 2 amide bonds. The number of anilines is 2. The van der Waals surface area contributed by atoms with Gasteiger partial charge in [-0.1, -0.05) is 47.5 Å². The van der Waals surface area contributed by atoms with E-state index in [4.69, 9.17) is 23.2 Å². The highest BCUT2D eigenvalue weighted by molar-refractivity contribution is 6.40. The Kier molecular flexibility index (Phi) is 7.57. The SMILES string of the molecule is CN1CCc2c(nc(C(=O)Nc3cccc(-c4cccc(NC(=O)c5nc6c(n5C)CCN(C)C6)c4Cl)c3Cl)n2C)C1. The van der Waals surface area contributed by atoms with Crippen LogP contribution in [0.15, 0.2) is 36.4 Å². The van der Waals surface area contributed by atoms with Crippen LogP contribution in [-0.2, 0) is 40.0 Å². The number of nitrogens with zero attached hydrogens (tertiary/aromatic N) is 6. The van der Waals surface area contributed by atoms with Gasteiger partial charge in [0.25, 0.3) is 11.8 Å². The van der Waals surface area contributed by atoms with Gasteiger partial charge in [0.15, 0.2) is 11.6 Å². The summed E-state index contributed by atoms with van der Waals surface area (Å²) in [5.41, 5.74) is 6.08. The summed E-state index contributed by atoms with van der Waals surface area (Å²) in [6.45, 7) is 3.25. The lowest BCUT2D eigenvalue weighted by Gasteiger charge is -2.21. The van der Waals surface area contributed by atoms with E-state index in [9.17, 15) is 9.59 Å². The molecule has 42 heavy (non-hydrogen) atoms. The number of nitrogens with one attached hydrogen (secondary N) is 2. The predicted octanol–water partition coefficient (Wildman–Crippen LogP) is 4.61. The van der Waals surface area contributed by atoms with Crippen molar-refractivity contribution in [1.82, 2.24) is 28.9 Å². The number of halogens is 2. The summed E-state index contributed by atoms with van der Waals surface area (Å²) >= 11 is 13.7. The maximum absolute atomic E-state index is 13.3. The van der Waals surface area contributed by atoms with Crippen LogP contribution in [0.3, 0.4) is 0 Å². The van der Waals surface area contributed by atoms with Crippen molar-refractivity contribution in [3.8, 4) is 11.1 Å². The van der Waals surface area contributed by atoms with Gasteiger partial charge < -0.3 is 29.6 Å². The summed E-state index contributed by atoms with van der Waals surface area (Å²) in [6.07, 6.45) is 1.67. The van der Waals surface area contributed by atoms with E-state index in [1.165, 1.54) is 0 Å². The number of rotatable bonds is 5. The van der Waals surface area contributed by atoms with Crippen LogP contribution in [0.2, 0.25) is 10.0 Å². The van der Waals surface area contributed by atoms with Crippen LogP contribution in [0.25, 0.3) is 11.1 Å². The summed E-state index contributed by atoms with van der Waals surface area (Å²) in [5.74, 6) is -0.0152. The van der Waals surface area contributed by atoms with Gasteiger partial charge in [-0.15, -0.1) is 0 Å². The Morgan fingerprint density at radius 2 is 1.10 bits per heavy atom. The third-order valence-electron chi connectivity index (χ3n) is 8.08. The van der Waals surface area contributed by atoms with Gasteiger partial charge in [0.05, 0.1) is 32.8 Å². The summed E-state index contributed by atoms with van der Waals surface area (Å²) in [5, 5.41) is 6.51. The van der Waals surface area contributed by atoms with Gasteiger partial charge in [0.1, 0.15) is 0 Å². The molecule has 0 saturated carbocycles. The minimum Gasteiger partial charge on any atom is -0.327 e. The molecule has 2 aromatic carbocycles. The molecule has 0 fully saturated rings. The van der Waals surface area contributed by atoms with E-state index >= 15 is 0 Å². The van der Waals surface area contributed by atoms with Crippen LogP contribution in [-0.4, -0.2) is 67.9 Å². The number of carbonyl (C=O) groups excluding carboxylic acids is 2. The number of carbonyl (C=O) groups is 2. The molecule has 0 aliphatic carbocycles. The molecule has 10 nitrogen and oxygen atoms in total. The number of hydrogen-bond acceptors (Lipinski definition) is 6. The van der Waals surface area contributed by atoms with Crippen molar-refractivity contribution < 1.29 is 9.59 Å². The fourth-order valence-corrected chi connectivity index (χ4v) is 6.30. The van der Waals surface area contributed by atoms with Gasteiger partial charge in [-0.2, -0.15) is 0 Å². The summed E-state index contributed by atoms with van der Waals surface area (Å²) in [7, 11) is 7.81. The minimum atomic E-state index is -0.343. The normalized spacial score (nSPS) is 15.3. The van der Waals surface area contributed by atoms with Crippen LogP contribution in [0.1, 0.15) is 44.0 Å². The first-order valence-electron chi connectivity index (χ1n) is 13.8. The summed E-state index contributed by atoms with van der Waals surface area (Å²) < 4.78 is 3.71. The largest absolute Gasteiger partial charge is 0.327 e. The Labute approximate surface area is 254 Å². The number of hydrogen-bond donors (Lipinski definition) is 2. The van der Waals surface area contributed by atoms with Crippen LogP contribution in [0, 0.1) is 0 Å². The molecular formula is C30H32Cl2N8O2. The lowest BCUT2D eigenvalue weighted by molar-refractivity contribution is 0.100. The van der Waals surface area contributed by atoms with Crippen molar-refractivity contribution in [2.45, 2.75) is 25.9 Å².